The van der Waals surface area contributed by atoms with E-state index in [1.165, 1.54) is 44.9 Å². The molecule has 1 aromatic rings. The standard InChI is InChI=1S/C16H23BrFN/c1-19-16(12-7-5-3-2-4-6-8-12)14-11-13(17)9-10-15(14)18/h9-12,16,19H,2-8H2,1H3. The van der Waals surface area contributed by atoms with Crippen LogP contribution in [0.4, 0.5) is 4.39 Å². The lowest BCUT2D eigenvalue weighted by Gasteiger charge is -2.29. The van der Waals surface area contributed by atoms with Crippen LogP contribution in [0.2, 0.25) is 0 Å². The highest BCUT2D eigenvalue weighted by atomic mass is 79.9. The third-order valence-corrected chi connectivity index (χ3v) is 4.72. The largest absolute Gasteiger partial charge is 0.313 e. The smallest absolute Gasteiger partial charge is 0.128 e. The van der Waals surface area contributed by atoms with E-state index in [-0.39, 0.29) is 11.9 Å². The Labute approximate surface area is 124 Å². The van der Waals surface area contributed by atoms with Gasteiger partial charge in [-0.1, -0.05) is 48.0 Å². The van der Waals surface area contributed by atoms with Crippen LogP contribution in [0.3, 0.4) is 0 Å². The molecule has 0 bridgehead atoms. The number of halogens is 2. The fourth-order valence-electron chi connectivity index (χ4n) is 3.22. The van der Waals surface area contributed by atoms with Crippen molar-refractivity contribution in [1.82, 2.24) is 5.32 Å². The topological polar surface area (TPSA) is 12.0 Å². The van der Waals surface area contributed by atoms with Gasteiger partial charge in [0.15, 0.2) is 0 Å². The molecule has 1 N–H and O–H groups in total. The highest BCUT2D eigenvalue weighted by Crippen LogP contribution is 2.34. The van der Waals surface area contributed by atoms with Gasteiger partial charge in [0.25, 0.3) is 0 Å². The van der Waals surface area contributed by atoms with Gasteiger partial charge in [0, 0.05) is 16.1 Å². The Morgan fingerprint density at radius 2 is 1.79 bits per heavy atom. The minimum Gasteiger partial charge on any atom is -0.313 e. The van der Waals surface area contributed by atoms with Gasteiger partial charge in [-0.15, -0.1) is 0 Å². The molecule has 3 heteroatoms. The van der Waals surface area contributed by atoms with Crippen molar-refractivity contribution in [2.75, 3.05) is 7.05 Å². The molecule has 1 aliphatic rings. The average Bonchev–Trinajstić information content (AvgIpc) is 2.36. The van der Waals surface area contributed by atoms with Gasteiger partial charge in [0.05, 0.1) is 0 Å². The number of hydrogen-bond acceptors (Lipinski definition) is 1. The Hall–Kier alpha value is -0.410. The van der Waals surface area contributed by atoms with E-state index in [4.69, 9.17) is 0 Å². The van der Waals surface area contributed by atoms with Gasteiger partial charge >= 0.3 is 0 Å². The lowest BCUT2D eigenvalue weighted by molar-refractivity contribution is 0.294. The maximum atomic E-state index is 14.1. The summed E-state index contributed by atoms with van der Waals surface area (Å²) in [4.78, 5) is 0. The lowest BCUT2D eigenvalue weighted by atomic mass is 9.83. The summed E-state index contributed by atoms with van der Waals surface area (Å²) in [7, 11) is 1.95. The molecule has 106 valence electrons. The van der Waals surface area contributed by atoms with Gasteiger partial charge in [-0.05, 0) is 44.0 Å². The zero-order valence-electron chi connectivity index (χ0n) is 11.6. The average molecular weight is 328 g/mol. The second-order valence-electron chi connectivity index (χ2n) is 5.54. The molecule has 0 amide bonds. The summed E-state index contributed by atoms with van der Waals surface area (Å²) < 4.78 is 15.0. The van der Waals surface area contributed by atoms with Crippen molar-refractivity contribution < 1.29 is 4.39 Å². The molecule has 0 aromatic heterocycles. The lowest BCUT2D eigenvalue weighted by Crippen LogP contribution is -2.27. The Balaban J connectivity index is 2.19. The number of hydrogen-bond donors (Lipinski definition) is 1. The third-order valence-electron chi connectivity index (χ3n) is 4.23. The summed E-state index contributed by atoms with van der Waals surface area (Å²) in [5.41, 5.74) is 0.808. The van der Waals surface area contributed by atoms with E-state index in [1.54, 1.807) is 12.1 Å². The Morgan fingerprint density at radius 1 is 1.16 bits per heavy atom. The van der Waals surface area contributed by atoms with Crippen molar-refractivity contribution in [3.8, 4) is 0 Å². The summed E-state index contributed by atoms with van der Waals surface area (Å²) in [6.45, 7) is 0. The Morgan fingerprint density at radius 3 is 2.42 bits per heavy atom. The van der Waals surface area contributed by atoms with Crippen LogP contribution in [-0.4, -0.2) is 7.05 Å². The van der Waals surface area contributed by atoms with Crippen molar-refractivity contribution in [2.24, 2.45) is 5.92 Å². The Bertz CT molecular complexity index is 400. The van der Waals surface area contributed by atoms with Crippen LogP contribution in [0.25, 0.3) is 0 Å². The summed E-state index contributed by atoms with van der Waals surface area (Å²) in [5.74, 6) is 0.457. The molecule has 0 heterocycles. The highest BCUT2D eigenvalue weighted by molar-refractivity contribution is 9.10. The number of rotatable bonds is 3. The van der Waals surface area contributed by atoms with Gasteiger partial charge in [-0.25, -0.2) is 4.39 Å². The molecule has 0 radical (unpaired) electrons. The first kappa shape index (κ1) is 15.0. The molecule has 0 aliphatic heterocycles. The van der Waals surface area contributed by atoms with Gasteiger partial charge in [0.2, 0.25) is 0 Å². The van der Waals surface area contributed by atoms with Crippen LogP contribution >= 0.6 is 15.9 Å². The first-order chi connectivity index (χ1) is 9.22. The molecule has 1 fully saturated rings. The van der Waals surface area contributed by atoms with E-state index in [0.717, 1.165) is 10.0 Å². The van der Waals surface area contributed by atoms with Gasteiger partial charge in [-0.3, -0.25) is 0 Å². The molecule has 2 rings (SSSR count). The first-order valence-electron chi connectivity index (χ1n) is 7.34. The maximum absolute atomic E-state index is 14.1. The van der Waals surface area contributed by atoms with Crippen molar-refractivity contribution in [1.29, 1.82) is 0 Å². The van der Waals surface area contributed by atoms with Crippen molar-refractivity contribution in [3.63, 3.8) is 0 Å². The van der Waals surface area contributed by atoms with Crippen molar-refractivity contribution in [2.45, 2.75) is 51.0 Å². The van der Waals surface area contributed by atoms with Crippen LogP contribution in [0.5, 0.6) is 0 Å². The molecule has 1 aromatic carbocycles. The molecular weight excluding hydrogens is 305 g/mol. The maximum Gasteiger partial charge on any atom is 0.128 e. The van der Waals surface area contributed by atoms with E-state index >= 15 is 0 Å². The minimum atomic E-state index is -0.0930. The molecule has 1 aliphatic carbocycles. The molecule has 1 saturated carbocycles. The third kappa shape index (κ3) is 4.03. The van der Waals surface area contributed by atoms with Crippen LogP contribution in [0.15, 0.2) is 22.7 Å². The zero-order valence-corrected chi connectivity index (χ0v) is 13.2. The second kappa shape index (κ2) is 7.39. The van der Waals surface area contributed by atoms with Crippen LogP contribution in [0.1, 0.15) is 56.6 Å². The number of nitrogens with one attached hydrogen (secondary N) is 1. The van der Waals surface area contributed by atoms with Crippen LogP contribution < -0.4 is 5.32 Å². The fourth-order valence-corrected chi connectivity index (χ4v) is 3.60. The van der Waals surface area contributed by atoms with Crippen LogP contribution in [0, 0.1) is 11.7 Å². The SMILES string of the molecule is CNC(c1cc(Br)ccc1F)C1CCCCCCC1. The van der Waals surface area contributed by atoms with E-state index in [1.807, 2.05) is 13.1 Å². The van der Waals surface area contributed by atoms with Crippen molar-refractivity contribution in [3.05, 3.63) is 34.1 Å². The normalized spacial score (nSPS) is 19.7. The van der Waals surface area contributed by atoms with E-state index in [0.29, 0.717) is 5.92 Å². The van der Waals surface area contributed by atoms with Crippen molar-refractivity contribution >= 4 is 15.9 Å². The molecule has 19 heavy (non-hydrogen) atoms. The fraction of sp³-hybridized carbons (Fsp3) is 0.625. The molecular formula is C16H23BrFN. The molecule has 1 unspecified atom stereocenters. The zero-order chi connectivity index (χ0) is 13.7. The van der Waals surface area contributed by atoms with Gasteiger partial charge < -0.3 is 5.32 Å². The number of benzene rings is 1. The van der Waals surface area contributed by atoms with Crippen LogP contribution in [-0.2, 0) is 0 Å². The Kier molecular flexibility index (Phi) is 5.83. The summed E-state index contributed by atoms with van der Waals surface area (Å²) in [5, 5.41) is 3.34. The summed E-state index contributed by atoms with van der Waals surface area (Å²) >= 11 is 3.45. The van der Waals surface area contributed by atoms with Gasteiger partial charge in [-0.2, -0.15) is 0 Å². The van der Waals surface area contributed by atoms with E-state index in [2.05, 4.69) is 21.2 Å². The molecule has 1 atom stereocenters. The molecule has 1 nitrogen and oxygen atoms in total. The van der Waals surface area contributed by atoms with Gasteiger partial charge in [0.1, 0.15) is 5.82 Å². The first-order valence-corrected chi connectivity index (χ1v) is 8.14. The summed E-state index contributed by atoms with van der Waals surface area (Å²) in [6, 6.07) is 5.39. The predicted molar refractivity (Wildman–Crippen MR) is 81.7 cm³/mol. The predicted octanol–water partition coefficient (Wildman–Crippen LogP) is 5.21. The van der Waals surface area contributed by atoms with E-state index < -0.39 is 0 Å². The monoisotopic (exact) mass is 327 g/mol. The highest BCUT2D eigenvalue weighted by Gasteiger charge is 2.24. The molecule has 0 saturated heterocycles. The van der Waals surface area contributed by atoms with E-state index in [9.17, 15) is 4.39 Å². The summed E-state index contributed by atoms with van der Waals surface area (Å²) in [6.07, 6.45) is 8.98. The second-order valence-corrected chi connectivity index (χ2v) is 6.45. The minimum absolute atomic E-state index is 0.0930. The molecule has 0 spiro atoms. The quantitative estimate of drug-likeness (QED) is 0.803.